The summed E-state index contributed by atoms with van der Waals surface area (Å²) in [5.41, 5.74) is 1.20. The van der Waals surface area contributed by atoms with Crippen LogP contribution in [0.1, 0.15) is 18.1 Å². The topological polar surface area (TPSA) is 215 Å². The van der Waals surface area contributed by atoms with Crippen LogP contribution >= 0.6 is 23.6 Å². The fourth-order valence-corrected chi connectivity index (χ4v) is 6.65. The maximum Gasteiger partial charge on any atom is 0.296 e. The molecule has 0 amide bonds. The van der Waals surface area contributed by atoms with Crippen LogP contribution in [0.15, 0.2) is 91.6 Å². The minimum atomic E-state index is -5.18. The van der Waals surface area contributed by atoms with E-state index in [0.29, 0.717) is 24.2 Å². The van der Waals surface area contributed by atoms with Crippen LogP contribution in [0.4, 0.5) is 34.5 Å². The van der Waals surface area contributed by atoms with E-state index in [1.54, 1.807) is 30.9 Å². The smallest absolute Gasteiger partial charge is 0.296 e. The van der Waals surface area contributed by atoms with E-state index in [1.165, 1.54) is 12.1 Å². The Hall–Kier alpha value is -4.36. The number of benzene rings is 4. The van der Waals surface area contributed by atoms with Gasteiger partial charge in [-0.1, -0.05) is 35.9 Å². The second kappa shape index (κ2) is 13.6. The van der Waals surface area contributed by atoms with Crippen LogP contribution < -0.4 is 10.2 Å². The molecule has 18 heteroatoms. The number of azo groups is 1. The van der Waals surface area contributed by atoms with Gasteiger partial charge in [0.2, 0.25) is 5.95 Å². The summed E-state index contributed by atoms with van der Waals surface area (Å²) in [4.78, 5) is 9.30. The molecule has 250 valence electrons. The van der Waals surface area contributed by atoms with Gasteiger partial charge in [-0.05, 0) is 68.8 Å². The van der Waals surface area contributed by atoms with E-state index in [9.17, 15) is 35.6 Å². The summed E-state index contributed by atoms with van der Waals surface area (Å²) in [5, 5.41) is 21.8. The van der Waals surface area contributed by atoms with Crippen LogP contribution in [0.3, 0.4) is 0 Å². The predicted molar refractivity (Wildman–Crippen MR) is 183 cm³/mol. The van der Waals surface area contributed by atoms with Gasteiger partial charge in [-0.3, -0.25) is 9.11 Å². The van der Waals surface area contributed by atoms with Crippen LogP contribution in [0.25, 0.3) is 10.8 Å². The predicted octanol–water partition coefficient (Wildman–Crippen LogP) is 7.98. The number of anilines is 4. The first-order valence-electron chi connectivity index (χ1n) is 13.9. The summed E-state index contributed by atoms with van der Waals surface area (Å²) in [7, 11) is -10.2. The Kier molecular flexibility index (Phi) is 9.93. The molecule has 0 atom stereocenters. The van der Waals surface area contributed by atoms with Crippen molar-refractivity contribution in [1.29, 1.82) is 0 Å². The average Bonchev–Trinajstić information content (AvgIpc) is 3.02. The van der Waals surface area contributed by atoms with E-state index >= 15 is 0 Å². The maximum atomic E-state index is 12.5. The number of aromatic hydroxyl groups is 1. The second-order valence-corrected chi connectivity index (χ2v) is 14.1. The molecule has 0 unspecified atom stereocenters. The Bertz CT molecular complexity index is 2310. The number of nitrogens with one attached hydrogen (secondary N) is 1. The zero-order valence-corrected chi connectivity index (χ0v) is 28.5. The maximum absolute atomic E-state index is 12.5. The molecule has 0 saturated carbocycles. The molecule has 0 saturated heterocycles. The first-order valence-corrected chi connectivity index (χ1v) is 17.9. The molecule has 0 aliphatic carbocycles. The molecule has 0 fully saturated rings. The number of phenolic OH excluding ortho intramolecular Hbond substituents is 1. The number of rotatable bonds is 10. The molecule has 0 spiro atoms. The van der Waals surface area contributed by atoms with Crippen molar-refractivity contribution >= 4 is 89.2 Å². The number of aryl methyl sites for hydroxylation is 1. The second-order valence-electron chi connectivity index (χ2n) is 10.3. The molecule has 0 radical (unpaired) electrons. The molecule has 1 aromatic heterocycles. The number of nitrogens with zero attached hydrogens (tertiary/aromatic N) is 5. The Morgan fingerprint density at radius 1 is 0.917 bits per heavy atom. The number of fused-ring (bicyclic) bond motifs is 1. The van der Waals surface area contributed by atoms with Gasteiger partial charge >= 0.3 is 0 Å². The highest BCUT2D eigenvalue weighted by molar-refractivity contribution is 7.94. The molecule has 5 N–H and O–H groups in total. The van der Waals surface area contributed by atoms with Crippen molar-refractivity contribution in [2.45, 2.75) is 35.5 Å². The van der Waals surface area contributed by atoms with Gasteiger partial charge in [0.25, 0.3) is 20.2 Å². The molecular formula is C30H27ClN6O8S3. The van der Waals surface area contributed by atoms with Crippen molar-refractivity contribution in [2.75, 3.05) is 16.8 Å². The Morgan fingerprint density at radius 3 is 2.23 bits per heavy atom. The number of aromatic nitrogens is 2. The van der Waals surface area contributed by atoms with E-state index in [1.807, 2.05) is 37.3 Å². The Balaban J connectivity index is 1.77. The third-order valence-electron chi connectivity index (χ3n) is 7.15. The minimum Gasteiger partial charge on any atom is -0.505 e. The fraction of sp³-hybridized carbons (Fsp3) is 0.133. The van der Waals surface area contributed by atoms with Crippen molar-refractivity contribution in [3.05, 3.63) is 83.0 Å². The standard InChI is InChI=1S/C30H27ClN6O8S3/c1-4-37(18-8-6-5-7-9-18)30-33-28(31)17(3)29(34-30)32-20-11-13-23(47(40,41)42)19-15-24(48(43,44)45)26(27(38)25(19)20)36-35-21-14-16(2)10-12-22(21)46-39/h5-15,38-39H,4H2,1-3H3,(H,32,33,34)(H,40,41,42)(H,43,44,45). The van der Waals surface area contributed by atoms with E-state index in [4.69, 9.17) is 11.6 Å². The van der Waals surface area contributed by atoms with Crippen molar-refractivity contribution in [3.8, 4) is 5.75 Å². The normalized spacial score (nSPS) is 12.1. The van der Waals surface area contributed by atoms with Gasteiger partial charge in [-0.25, -0.2) is 4.98 Å². The highest BCUT2D eigenvalue weighted by Gasteiger charge is 2.28. The third kappa shape index (κ3) is 7.07. The highest BCUT2D eigenvalue weighted by Crippen LogP contribution is 2.47. The fourth-order valence-electron chi connectivity index (χ4n) is 4.84. The Labute approximate surface area is 284 Å². The number of phenols is 1. The van der Waals surface area contributed by atoms with Crippen LogP contribution in [0.2, 0.25) is 5.15 Å². The lowest BCUT2D eigenvalue weighted by atomic mass is 10.1. The van der Waals surface area contributed by atoms with Crippen LogP contribution in [-0.4, -0.2) is 52.1 Å². The lowest BCUT2D eigenvalue weighted by Crippen LogP contribution is -2.19. The molecular weight excluding hydrogens is 704 g/mol. The van der Waals surface area contributed by atoms with Gasteiger partial charge in [0, 0.05) is 35.2 Å². The Morgan fingerprint density at radius 2 is 1.60 bits per heavy atom. The van der Waals surface area contributed by atoms with Crippen LogP contribution in [-0.2, 0) is 20.2 Å². The quantitative estimate of drug-likeness (QED) is 0.0399. The van der Waals surface area contributed by atoms with E-state index in [0.717, 1.165) is 23.4 Å². The first kappa shape index (κ1) is 35.0. The van der Waals surface area contributed by atoms with Crippen molar-refractivity contribution in [1.82, 2.24) is 9.97 Å². The minimum absolute atomic E-state index is 0.0121. The van der Waals surface area contributed by atoms with Gasteiger partial charge in [-0.2, -0.15) is 21.8 Å². The van der Waals surface area contributed by atoms with E-state index in [-0.39, 0.29) is 38.6 Å². The monoisotopic (exact) mass is 730 g/mol. The molecule has 14 nitrogen and oxygen atoms in total. The van der Waals surface area contributed by atoms with Gasteiger partial charge in [0.05, 0.1) is 16.0 Å². The van der Waals surface area contributed by atoms with E-state index < -0.39 is 46.9 Å². The SMILES string of the molecule is CCN(c1ccccc1)c1nc(Cl)c(C)c(Nc2ccc(S(=O)(=O)O)c3cc(S(=O)(=O)O)c(N=Nc4cc(C)ccc4SO)c(O)c23)n1. The average molecular weight is 731 g/mol. The molecule has 5 rings (SSSR count). The molecule has 0 bridgehead atoms. The third-order valence-corrected chi connectivity index (χ3v) is 9.84. The summed E-state index contributed by atoms with van der Waals surface area (Å²) < 4.78 is 79.7. The molecule has 48 heavy (non-hydrogen) atoms. The number of hydrogen-bond acceptors (Lipinski definition) is 13. The van der Waals surface area contributed by atoms with E-state index in [2.05, 4.69) is 25.5 Å². The number of hydrogen-bond donors (Lipinski definition) is 5. The number of para-hydroxylation sites is 1. The summed E-state index contributed by atoms with van der Waals surface area (Å²) in [6.07, 6.45) is 0. The van der Waals surface area contributed by atoms with Gasteiger partial charge in [0.15, 0.2) is 5.75 Å². The highest BCUT2D eigenvalue weighted by atomic mass is 35.5. The molecule has 4 aromatic carbocycles. The lowest BCUT2D eigenvalue weighted by Gasteiger charge is -2.23. The summed E-state index contributed by atoms with van der Waals surface area (Å²) in [6.45, 7) is 5.71. The number of halogens is 1. The van der Waals surface area contributed by atoms with Gasteiger partial charge in [-0.15, -0.1) is 10.2 Å². The van der Waals surface area contributed by atoms with Gasteiger partial charge < -0.3 is 19.9 Å². The summed E-state index contributed by atoms with van der Waals surface area (Å²) in [5.74, 6) is -0.560. The van der Waals surface area contributed by atoms with Crippen molar-refractivity contribution < 1.29 is 35.6 Å². The lowest BCUT2D eigenvalue weighted by molar-refractivity contribution is 0.471. The largest absolute Gasteiger partial charge is 0.505 e. The van der Waals surface area contributed by atoms with Crippen LogP contribution in [0, 0.1) is 13.8 Å². The molecule has 0 aliphatic heterocycles. The molecule has 5 aromatic rings. The van der Waals surface area contributed by atoms with Gasteiger partial charge in [0.1, 0.15) is 32.1 Å². The van der Waals surface area contributed by atoms with Crippen molar-refractivity contribution in [3.63, 3.8) is 0 Å². The zero-order chi connectivity index (χ0) is 35.0. The molecule has 1 heterocycles. The summed E-state index contributed by atoms with van der Waals surface area (Å²) >= 11 is 6.87. The van der Waals surface area contributed by atoms with Crippen molar-refractivity contribution in [2.24, 2.45) is 10.2 Å². The summed E-state index contributed by atoms with van der Waals surface area (Å²) in [6, 6.07) is 17.0. The zero-order valence-electron chi connectivity index (χ0n) is 25.3. The molecule has 0 aliphatic rings. The first-order chi connectivity index (χ1) is 22.6. The van der Waals surface area contributed by atoms with Crippen LogP contribution in [0.5, 0.6) is 5.75 Å².